The number of likely N-dealkylation sites (tertiary alicyclic amines) is 1. The van der Waals surface area contributed by atoms with Gasteiger partial charge in [-0.1, -0.05) is 6.07 Å². The number of hydrogen-bond donors (Lipinski definition) is 1. The van der Waals surface area contributed by atoms with Crippen molar-refractivity contribution in [3.05, 3.63) is 24.4 Å². The molecule has 0 saturated carbocycles. The molecule has 2 heterocycles. The molecule has 7 heteroatoms. The molecule has 0 bridgehead atoms. The SMILES string of the molecule is O=C(O)C(CCCSc1ccccn1)N1C(=O)CCC1=O. The van der Waals surface area contributed by atoms with Crippen molar-refractivity contribution in [3.8, 4) is 0 Å². The van der Waals surface area contributed by atoms with E-state index in [4.69, 9.17) is 0 Å². The Bertz CT molecular complexity index is 519. The summed E-state index contributed by atoms with van der Waals surface area (Å²) in [4.78, 5) is 39.6. The first-order valence-electron chi connectivity index (χ1n) is 6.71. The molecule has 0 radical (unpaired) electrons. The first kappa shape index (κ1) is 15.5. The molecule has 0 spiro atoms. The number of hydrogen-bond acceptors (Lipinski definition) is 5. The van der Waals surface area contributed by atoms with E-state index in [1.807, 2.05) is 18.2 Å². The van der Waals surface area contributed by atoms with Crippen LogP contribution in [0, 0.1) is 0 Å². The number of carboxylic acid groups (broad SMARTS) is 1. The fourth-order valence-electron chi connectivity index (χ4n) is 2.19. The van der Waals surface area contributed by atoms with E-state index in [0.29, 0.717) is 12.2 Å². The minimum absolute atomic E-state index is 0.116. The summed E-state index contributed by atoms with van der Waals surface area (Å²) in [7, 11) is 0. The van der Waals surface area contributed by atoms with Crippen molar-refractivity contribution < 1.29 is 19.5 Å². The van der Waals surface area contributed by atoms with E-state index in [9.17, 15) is 19.5 Å². The summed E-state index contributed by atoms with van der Waals surface area (Å²) < 4.78 is 0. The lowest BCUT2D eigenvalue weighted by Gasteiger charge is -2.22. The normalized spacial score (nSPS) is 16.3. The third-order valence-corrected chi connectivity index (χ3v) is 4.23. The van der Waals surface area contributed by atoms with Gasteiger partial charge in [0.25, 0.3) is 0 Å². The molecule has 6 nitrogen and oxygen atoms in total. The molecule has 0 aromatic carbocycles. The van der Waals surface area contributed by atoms with Crippen LogP contribution in [0.1, 0.15) is 25.7 Å². The summed E-state index contributed by atoms with van der Waals surface area (Å²) >= 11 is 1.53. The number of aromatic nitrogens is 1. The Kier molecular flexibility index (Phi) is 5.32. The first-order chi connectivity index (χ1) is 10.1. The molecule has 2 amide bonds. The van der Waals surface area contributed by atoms with Crippen LogP contribution in [-0.2, 0) is 14.4 Å². The Morgan fingerprint density at radius 2 is 2.05 bits per heavy atom. The molecule has 1 unspecified atom stereocenters. The van der Waals surface area contributed by atoms with Gasteiger partial charge < -0.3 is 5.11 Å². The monoisotopic (exact) mass is 308 g/mol. The Morgan fingerprint density at radius 1 is 1.33 bits per heavy atom. The van der Waals surface area contributed by atoms with E-state index >= 15 is 0 Å². The van der Waals surface area contributed by atoms with Crippen molar-refractivity contribution in [2.45, 2.75) is 36.8 Å². The number of thioether (sulfide) groups is 1. The molecule has 112 valence electrons. The summed E-state index contributed by atoms with van der Waals surface area (Å²) in [6.45, 7) is 0. The third-order valence-electron chi connectivity index (χ3n) is 3.20. The zero-order valence-corrected chi connectivity index (χ0v) is 12.2. The van der Waals surface area contributed by atoms with Crippen LogP contribution in [-0.4, -0.2) is 44.6 Å². The fraction of sp³-hybridized carbons (Fsp3) is 0.429. The molecule has 1 aliphatic heterocycles. The summed E-state index contributed by atoms with van der Waals surface area (Å²) in [6, 6.07) is 4.55. The van der Waals surface area contributed by atoms with Crippen LogP contribution in [0.25, 0.3) is 0 Å². The summed E-state index contributed by atoms with van der Waals surface area (Å²) in [5.74, 6) is -1.20. The fourth-order valence-corrected chi connectivity index (χ4v) is 3.02. The molecule has 21 heavy (non-hydrogen) atoms. The second kappa shape index (κ2) is 7.21. The van der Waals surface area contributed by atoms with Crippen molar-refractivity contribution in [3.63, 3.8) is 0 Å². The second-order valence-electron chi connectivity index (χ2n) is 4.67. The van der Waals surface area contributed by atoms with Crippen molar-refractivity contribution in [2.75, 3.05) is 5.75 Å². The Balaban J connectivity index is 1.85. The van der Waals surface area contributed by atoms with Gasteiger partial charge in [-0.2, -0.15) is 0 Å². The molecular weight excluding hydrogens is 292 g/mol. The number of imide groups is 1. The van der Waals surface area contributed by atoms with Crippen molar-refractivity contribution in [1.82, 2.24) is 9.88 Å². The van der Waals surface area contributed by atoms with Gasteiger partial charge in [0, 0.05) is 19.0 Å². The van der Waals surface area contributed by atoms with Crippen molar-refractivity contribution >= 4 is 29.5 Å². The lowest BCUT2D eigenvalue weighted by atomic mass is 10.1. The van der Waals surface area contributed by atoms with Crippen LogP contribution >= 0.6 is 11.8 Å². The highest BCUT2D eigenvalue weighted by atomic mass is 32.2. The van der Waals surface area contributed by atoms with Crippen LogP contribution in [0.15, 0.2) is 29.4 Å². The highest BCUT2D eigenvalue weighted by Crippen LogP contribution is 2.21. The van der Waals surface area contributed by atoms with Crippen molar-refractivity contribution in [2.24, 2.45) is 0 Å². The van der Waals surface area contributed by atoms with Gasteiger partial charge in [0.15, 0.2) is 0 Å². The van der Waals surface area contributed by atoms with Crippen LogP contribution in [0.2, 0.25) is 0 Å². The van der Waals surface area contributed by atoms with Gasteiger partial charge in [-0.15, -0.1) is 11.8 Å². The lowest BCUT2D eigenvalue weighted by molar-refractivity contribution is -0.154. The highest BCUT2D eigenvalue weighted by molar-refractivity contribution is 7.99. The molecule has 1 aromatic rings. The molecule has 1 saturated heterocycles. The second-order valence-corrected chi connectivity index (χ2v) is 5.79. The zero-order valence-electron chi connectivity index (χ0n) is 11.4. The van der Waals surface area contributed by atoms with Crippen LogP contribution in [0.3, 0.4) is 0 Å². The number of rotatable bonds is 7. The quantitative estimate of drug-likeness (QED) is 0.467. The van der Waals surface area contributed by atoms with Gasteiger partial charge in [0.2, 0.25) is 11.8 Å². The molecule has 1 fully saturated rings. The molecule has 1 aliphatic rings. The average Bonchev–Trinajstić information content (AvgIpc) is 2.79. The highest BCUT2D eigenvalue weighted by Gasteiger charge is 2.38. The number of carbonyl (C=O) groups excluding carboxylic acids is 2. The summed E-state index contributed by atoms with van der Waals surface area (Å²) in [5, 5.41) is 10.1. The van der Waals surface area contributed by atoms with Crippen LogP contribution in [0.4, 0.5) is 0 Å². The Hall–Kier alpha value is -1.89. The molecule has 2 rings (SSSR count). The number of carboxylic acids is 1. The van der Waals surface area contributed by atoms with Gasteiger partial charge in [-0.3, -0.25) is 14.5 Å². The van der Waals surface area contributed by atoms with Gasteiger partial charge in [-0.05, 0) is 30.7 Å². The third kappa shape index (κ3) is 4.04. The standard InChI is InChI=1S/C14H16N2O4S/c17-12-6-7-13(18)16(12)10(14(19)20)4-3-9-21-11-5-1-2-8-15-11/h1-2,5,8,10H,3-4,6-7,9H2,(H,19,20). The van der Waals surface area contributed by atoms with E-state index in [2.05, 4.69) is 4.98 Å². The maximum atomic E-state index is 11.6. The number of amides is 2. The minimum Gasteiger partial charge on any atom is -0.480 e. The lowest BCUT2D eigenvalue weighted by Crippen LogP contribution is -2.44. The van der Waals surface area contributed by atoms with Crippen molar-refractivity contribution in [1.29, 1.82) is 0 Å². The maximum absolute atomic E-state index is 11.6. The van der Waals surface area contributed by atoms with E-state index in [1.54, 1.807) is 6.20 Å². The predicted octanol–water partition coefficient (Wildman–Crippen LogP) is 1.56. The smallest absolute Gasteiger partial charge is 0.326 e. The zero-order chi connectivity index (χ0) is 15.2. The van der Waals surface area contributed by atoms with E-state index < -0.39 is 12.0 Å². The number of carbonyl (C=O) groups is 3. The van der Waals surface area contributed by atoms with Gasteiger partial charge >= 0.3 is 5.97 Å². The first-order valence-corrected chi connectivity index (χ1v) is 7.69. The maximum Gasteiger partial charge on any atom is 0.326 e. The molecule has 1 atom stereocenters. The average molecular weight is 308 g/mol. The summed E-state index contributed by atoms with van der Waals surface area (Å²) in [6.07, 6.45) is 2.79. The topological polar surface area (TPSA) is 87.6 Å². The van der Waals surface area contributed by atoms with E-state index in [-0.39, 0.29) is 31.1 Å². The molecule has 1 aromatic heterocycles. The number of pyridine rings is 1. The summed E-state index contributed by atoms with van der Waals surface area (Å²) in [5.41, 5.74) is 0. The minimum atomic E-state index is -1.12. The Morgan fingerprint density at radius 3 is 2.62 bits per heavy atom. The van der Waals surface area contributed by atoms with E-state index in [0.717, 1.165) is 9.93 Å². The number of nitrogens with zero attached hydrogens (tertiary/aromatic N) is 2. The molecule has 1 N–H and O–H groups in total. The largest absolute Gasteiger partial charge is 0.480 e. The van der Waals surface area contributed by atoms with Crippen LogP contribution in [0.5, 0.6) is 0 Å². The predicted molar refractivity (Wildman–Crippen MR) is 76.7 cm³/mol. The number of aliphatic carboxylic acids is 1. The van der Waals surface area contributed by atoms with Crippen LogP contribution < -0.4 is 0 Å². The van der Waals surface area contributed by atoms with E-state index in [1.165, 1.54) is 11.8 Å². The molecule has 0 aliphatic carbocycles. The molecular formula is C14H16N2O4S. The van der Waals surface area contributed by atoms with Gasteiger partial charge in [-0.25, -0.2) is 9.78 Å². The van der Waals surface area contributed by atoms with Gasteiger partial charge in [0.05, 0.1) is 5.03 Å². The van der Waals surface area contributed by atoms with Gasteiger partial charge in [0.1, 0.15) is 6.04 Å². The Labute approximate surface area is 126 Å².